The van der Waals surface area contributed by atoms with E-state index in [9.17, 15) is 24.0 Å². The van der Waals surface area contributed by atoms with Gasteiger partial charge in [0, 0.05) is 18.7 Å². The number of carbonyl (C=O) groups is 5. The molecule has 4 rings (SSSR count). The Kier molecular flexibility index (Phi) is 6.47. The van der Waals surface area contributed by atoms with Crippen molar-refractivity contribution in [3.63, 3.8) is 0 Å². The number of carbonyl (C=O) groups excluding carboxylic acids is 5. The number of nitrogens with one attached hydrogen (secondary N) is 2. The number of hydrogen-bond acceptors (Lipinski definition) is 7. The van der Waals surface area contributed by atoms with E-state index in [4.69, 9.17) is 4.74 Å². The third-order valence-corrected chi connectivity index (χ3v) is 6.62. The molecule has 2 heterocycles. The number of amides is 4. The summed E-state index contributed by atoms with van der Waals surface area (Å²) in [6, 6.07) is 4.03. The molecule has 1 saturated heterocycles. The lowest BCUT2D eigenvalue weighted by Crippen LogP contribution is -2.54. The number of piperidine rings is 1. The Balaban J connectivity index is 1.34. The van der Waals surface area contributed by atoms with Crippen LogP contribution in [0.25, 0.3) is 0 Å². The maximum atomic E-state index is 13.0. The molecular formula is C25H31N3O6. The van der Waals surface area contributed by atoms with Crippen molar-refractivity contribution < 1.29 is 28.7 Å². The smallest absolute Gasteiger partial charge is 0.309 e. The van der Waals surface area contributed by atoms with Gasteiger partial charge in [0.2, 0.25) is 11.8 Å². The lowest BCUT2D eigenvalue weighted by Gasteiger charge is -2.30. The monoisotopic (exact) mass is 469 g/mol. The number of esters is 1. The molecule has 9 nitrogen and oxygen atoms in total. The number of anilines is 1. The highest BCUT2D eigenvalue weighted by Gasteiger charge is 2.44. The van der Waals surface area contributed by atoms with Crippen LogP contribution in [0.2, 0.25) is 0 Å². The Morgan fingerprint density at radius 2 is 1.71 bits per heavy atom. The zero-order valence-electron chi connectivity index (χ0n) is 19.8. The highest BCUT2D eigenvalue weighted by molar-refractivity contribution is 6.23. The van der Waals surface area contributed by atoms with Crippen molar-refractivity contribution >= 4 is 35.3 Å². The molecule has 0 bridgehead atoms. The minimum atomic E-state index is -0.971. The van der Waals surface area contributed by atoms with E-state index in [0.29, 0.717) is 12.5 Å². The Morgan fingerprint density at radius 1 is 1.03 bits per heavy atom. The van der Waals surface area contributed by atoms with Crippen LogP contribution >= 0.6 is 0 Å². The van der Waals surface area contributed by atoms with E-state index in [-0.39, 0.29) is 35.9 Å². The van der Waals surface area contributed by atoms with Gasteiger partial charge in [-0.15, -0.1) is 0 Å². The molecule has 1 aliphatic carbocycles. The fourth-order valence-electron chi connectivity index (χ4n) is 4.83. The fraction of sp³-hybridized carbons (Fsp3) is 0.560. The second-order valence-electron chi connectivity index (χ2n) is 10.3. The predicted octanol–water partition coefficient (Wildman–Crippen LogP) is 2.65. The molecule has 1 aromatic carbocycles. The molecule has 0 radical (unpaired) electrons. The van der Waals surface area contributed by atoms with Crippen molar-refractivity contribution in [2.24, 2.45) is 11.8 Å². The SMILES string of the molecule is CC(C)(C)OC(=O)C1CCC(CNc2ccc3c(c2)C(=O)N(C2CCC(=O)NC2=O)C3=O)CC1. The van der Waals surface area contributed by atoms with Crippen molar-refractivity contribution in [3.8, 4) is 0 Å². The van der Waals surface area contributed by atoms with Crippen molar-refractivity contribution in [1.29, 1.82) is 0 Å². The van der Waals surface area contributed by atoms with Gasteiger partial charge in [-0.05, 0) is 77.0 Å². The molecule has 3 aliphatic rings. The lowest BCUT2D eigenvalue weighted by atomic mass is 9.82. The van der Waals surface area contributed by atoms with Crippen molar-refractivity contribution in [3.05, 3.63) is 29.3 Å². The maximum Gasteiger partial charge on any atom is 0.309 e. The average molecular weight is 470 g/mol. The summed E-state index contributed by atoms with van der Waals surface area (Å²) in [5.41, 5.74) is 0.765. The van der Waals surface area contributed by atoms with Gasteiger partial charge in [0.25, 0.3) is 11.8 Å². The lowest BCUT2D eigenvalue weighted by molar-refractivity contribution is -0.161. The first-order valence-electron chi connectivity index (χ1n) is 11.9. The Labute approximate surface area is 198 Å². The highest BCUT2D eigenvalue weighted by Crippen LogP contribution is 2.32. The zero-order chi connectivity index (χ0) is 24.6. The van der Waals surface area contributed by atoms with Crippen LogP contribution in [-0.2, 0) is 19.1 Å². The normalized spacial score (nSPS) is 25.1. The van der Waals surface area contributed by atoms with Gasteiger partial charge in [0.05, 0.1) is 17.0 Å². The van der Waals surface area contributed by atoms with Gasteiger partial charge in [-0.3, -0.25) is 34.2 Å². The van der Waals surface area contributed by atoms with Crippen LogP contribution < -0.4 is 10.6 Å². The summed E-state index contributed by atoms with van der Waals surface area (Å²) in [6.07, 6.45) is 3.61. The molecule has 1 atom stereocenters. The Hall–Kier alpha value is -3.23. The number of hydrogen-bond donors (Lipinski definition) is 2. The summed E-state index contributed by atoms with van der Waals surface area (Å²) in [5.74, 6) is -1.84. The average Bonchev–Trinajstić information content (AvgIpc) is 3.01. The van der Waals surface area contributed by atoms with Crippen LogP contribution in [0.15, 0.2) is 18.2 Å². The topological polar surface area (TPSA) is 122 Å². The van der Waals surface area contributed by atoms with Gasteiger partial charge in [0.15, 0.2) is 0 Å². The van der Waals surface area contributed by atoms with E-state index in [1.54, 1.807) is 18.2 Å². The van der Waals surface area contributed by atoms with E-state index in [2.05, 4.69) is 10.6 Å². The van der Waals surface area contributed by atoms with Gasteiger partial charge >= 0.3 is 5.97 Å². The molecule has 34 heavy (non-hydrogen) atoms. The quantitative estimate of drug-likeness (QED) is 0.502. The van der Waals surface area contributed by atoms with E-state index >= 15 is 0 Å². The molecule has 9 heteroatoms. The van der Waals surface area contributed by atoms with Crippen molar-refractivity contribution in [2.75, 3.05) is 11.9 Å². The summed E-state index contributed by atoms with van der Waals surface area (Å²) in [5, 5.41) is 5.55. The molecule has 2 fully saturated rings. The summed E-state index contributed by atoms with van der Waals surface area (Å²) >= 11 is 0. The Morgan fingerprint density at radius 3 is 2.35 bits per heavy atom. The number of fused-ring (bicyclic) bond motifs is 1. The molecular weight excluding hydrogens is 438 g/mol. The summed E-state index contributed by atoms with van der Waals surface area (Å²) in [4.78, 5) is 62.6. The molecule has 2 aliphatic heterocycles. The maximum absolute atomic E-state index is 13.0. The largest absolute Gasteiger partial charge is 0.460 e. The fourth-order valence-corrected chi connectivity index (χ4v) is 4.83. The zero-order valence-corrected chi connectivity index (χ0v) is 19.8. The number of imide groups is 2. The number of benzene rings is 1. The first kappa shape index (κ1) is 23.9. The van der Waals surface area contributed by atoms with E-state index in [1.165, 1.54) is 0 Å². The molecule has 1 saturated carbocycles. The Bertz CT molecular complexity index is 1040. The van der Waals surface area contributed by atoms with E-state index in [1.807, 2.05) is 20.8 Å². The predicted molar refractivity (Wildman–Crippen MR) is 123 cm³/mol. The number of nitrogens with zero attached hydrogens (tertiary/aromatic N) is 1. The third-order valence-electron chi connectivity index (χ3n) is 6.62. The van der Waals surface area contributed by atoms with Crippen LogP contribution in [0.5, 0.6) is 0 Å². The van der Waals surface area contributed by atoms with E-state index < -0.39 is 35.3 Å². The van der Waals surface area contributed by atoms with Crippen LogP contribution in [0, 0.1) is 11.8 Å². The minimum absolute atomic E-state index is 0.0580. The van der Waals surface area contributed by atoms with Crippen molar-refractivity contribution in [2.45, 2.75) is 70.9 Å². The van der Waals surface area contributed by atoms with Crippen LogP contribution in [0.3, 0.4) is 0 Å². The summed E-state index contributed by atoms with van der Waals surface area (Å²) in [7, 11) is 0. The van der Waals surface area contributed by atoms with E-state index in [0.717, 1.165) is 36.3 Å². The molecule has 4 amide bonds. The molecule has 0 aromatic heterocycles. The molecule has 182 valence electrons. The first-order chi connectivity index (χ1) is 16.0. The standard InChI is InChI=1S/C25H31N3O6/c1-25(2,3)34-24(33)15-6-4-14(5-7-15)13-26-16-8-9-17-18(12-16)23(32)28(22(17)31)19-10-11-20(29)27-21(19)30/h8-9,12,14-15,19,26H,4-7,10-11,13H2,1-3H3,(H,27,29,30). The van der Waals surface area contributed by atoms with Gasteiger partial charge < -0.3 is 10.1 Å². The first-order valence-corrected chi connectivity index (χ1v) is 11.9. The molecule has 1 aromatic rings. The van der Waals surface area contributed by atoms with Crippen LogP contribution in [0.4, 0.5) is 5.69 Å². The van der Waals surface area contributed by atoms with Crippen LogP contribution in [-0.4, -0.2) is 52.7 Å². The molecule has 1 unspecified atom stereocenters. The second-order valence-corrected chi connectivity index (χ2v) is 10.3. The summed E-state index contributed by atoms with van der Waals surface area (Å²) < 4.78 is 5.51. The third kappa shape index (κ3) is 4.98. The van der Waals surface area contributed by atoms with Gasteiger partial charge in [-0.2, -0.15) is 0 Å². The van der Waals surface area contributed by atoms with Gasteiger partial charge in [0.1, 0.15) is 11.6 Å². The number of rotatable bonds is 5. The van der Waals surface area contributed by atoms with Gasteiger partial charge in [-0.25, -0.2) is 0 Å². The van der Waals surface area contributed by atoms with Crippen molar-refractivity contribution in [1.82, 2.24) is 10.2 Å². The van der Waals surface area contributed by atoms with Gasteiger partial charge in [-0.1, -0.05) is 0 Å². The highest BCUT2D eigenvalue weighted by atomic mass is 16.6. The molecule has 2 N–H and O–H groups in total. The second kappa shape index (κ2) is 9.19. The minimum Gasteiger partial charge on any atom is -0.460 e. The van der Waals surface area contributed by atoms with Crippen LogP contribution in [0.1, 0.15) is 80.0 Å². The molecule has 0 spiro atoms. The number of ether oxygens (including phenoxy) is 1. The summed E-state index contributed by atoms with van der Waals surface area (Å²) in [6.45, 7) is 6.32.